The smallest absolute Gasteiger partial charge is 0.270 e. The third-order valence-corrected chi connectivity index (χ3v) is 5.48. The number of rotatable bonds is 6. The van der Waals surface area contributed by atoms with Crippen LogP contribution in [0.5, 0.6) is 11.5 Å². The minimum atomic E-state index is -0.585. The number of aromatic nitrogens is 2. The van der Waals surface area contributed by atoms with Crippen LogP contribution in [0.1, 0.15) is 16.8 Å². The highest BCUT2D eigenvalue weighted by Crippen LogP contribution is 2.33. The Morgan fingerprint density at radius 3 is 2.80 bits per heavy atom. The lowest BCUT2D eigenvalue weighted by Crippen LogP contribution is -2.45. The van der Waals surface area contributed by atoms with E-state index in [0.717, 1.165) is 0 Å². The fraction of sp³-hybridized carbons (Fsp3) is 0.211. The Morgan fingerprint density at radius 2 is 2.10 bits per heavy atom. The van der Waals surface area contributed by atoms with Crippen LogP contribution in [0.2, 0.25) is 0 Å². The summed E-state index contributed by atoms with van der Waals surface area (Å²) in [5.41, 5.74) is 0.152. The molecule has 0 radical (unpaired) electrons. The second kappa shape index (κ2) is 9.43. The van der Waals surface area contributed by atoms with Gasteiger partial charge in [0.25, 0.3) is 5.56 Å². The van der Waals surface area contributed by atoms with Gasteiger partial charge in [0.1, 0.15) is 23.5 Å². The zero-order valence-electron chi connectivity index (χ0n) is 15.7. The zero-order valence-corrected chi connectivity index (χ0v) is 17.3. The van der Waals surface area contributed by atoms with Crippen molar-refractivity contribution in [2.45, 2.75) is 5.25 Å². The Kier molecular flexibility index (Phi) is 6.71. The highest BCUT2D eigenvalue weighted by molar-refractivity contribution is 8.01. The lowest BCUT2D eigenvalue weighted by molar-refractivity contribution is -0.129. The Hall–Kier alpha value is -3.36. The number of carbonyl (C=O) groups is 2. The number of nitrogens with zero attached hydrogens (tertiary/aromatic N) is 1. The molecular weight excluding hydrogens is 428 g/mol. The van der Waals surface area contributed by atoms with Gasteiger partial charge >= 0.3 is 0 Å². The molecule has 1 aromatic carbocycles. The summed E-state index contributed by atoms with van der Waals surface area (Å²) in [4.78, 5) is 40.3. The number of amides is 2. The number of imide groups is 1. The van der Waals surface area contributed by atoms with Gasteiger partial charge in [-0.05, 0) is 30.4 Å². The first-order valence-corrected chi connectivity index (χ1v) is 10.1. The number of para-hydroxylation sites is 1. The second-order valence-electron chi connectivity index (χ2n) is 6.04. The van der Waals surface area contributed by atoms with E-state index in [1.54, 1.807) is 24.3 Å². The van der Waals surface area contributed by atoms with Gasteiger partial charge in [-0.3, -0.25) is 24.7 Å². The molecule has 1 aliphatic heterocycles. The Labute approximate surface area is 180 Å². The van der Waals surface area contributed by atoms with Crippen molar-refractivity contribution >= 4 is 47.9 Å². The molecule has 2 amide bonds. The maximum atomic E-state index is 12.0. The first-order chi connectivity index (χ1) is 14.4. The number of aromatic amines is 2. The van der Waals surface area contributed by atoms with Crippen LogP contribution < -0.4 is 20.3 Å². The molecule has 1 fully saturated rings. The highest BCUT2D eigenvalue weighted by atomic mass is 32.2. The van der Waals surface area contributed by atoms with Gasteiger partial charge in [0.2, 0.25) is 11.8 Å². The number of nitriles is 1. The Balaban J connectivity index is 1.90. The minimum Gasteiger partial charge on any atom is -0.493 e. The van der Waals surface area contributed by atoms with Crippen LogP contribution in [-0.4, -0.2) is 46.5 Å². The van der Waals surface area contributed by atoms with E-state index in [-0.39, 0.29) is 34.3 Å². The molecule has 0 aliphatic carbocycles. The molecule has 11 heteroatoms. The number of benzene rings is 1. The molecule has 1 atom stereocenters. The SMILES string of the molecule is COc1cccc(/C=C/c2[nH]c(=S)[nH]c(=O)c2C#N)c1OCC1SCC(=O)NC1=O. The predicted molar refractivity (Wildman–Crippen MR) is 114 cm³/mol. The van der Waals surface area contributed by atoms with Gasteiger partial charge < -0.3 is 14.5 Å². The molecule has 9 nitrogen and oxygen atoms in total. The lowest BCUT2D eigenvalue weighted by atomic mass is 10.1. The summed E-state index contributed by atoms with van der Waals surface area (Å²) in [6.45, 7) is 0.0296. The van der Waals surface area contributed by atoms with Gasteiger partial charge in [-0.1, -0.05) is 12.1 Å². The number of H-pyrrole nitrogens is 2. The average molecular weight is 444 g/mol. The van der Waals surface area contributed by atoms with Gasteiger partial charge in [0.15, 0.2) is 16.3 Å². The molecule has 1 unspecified atom stereocenters. The number of hydrogen-bond donors (Lipinski definition) is 3. The monoisotopic (exact) mass is 444 g/mol. The average Bonchev–Trinajstić information content (AvgIpc) is 2.71. The molecule has 154 valence electrons. The summed E-state index contributed by atoms with van der Waals surface area (Å²) in [7, 11) is 1.48. The van der Waals surface area contributed by atoms with Crippen LogP contribution in [0, 0.1) is 16.1 Å². The largest absolute Gasteiger partial charge is 0.493 e. The summed E-state index contributed by atoms with van der Waals surface area (Å²) in [6, 6.07) is 7.04. The molecule has 1 aromatic heterocycles. The van der Waals surface area contributed by atoms with Crippen LogP contribution in [0.15, 0.2) is 23.0 Å². The van der Waals surface area contributed by atoms with Crippen molar-refractivity contribution < 1.29 is 19.1 Å². The number of carbonyl (C=O) groups excluding carboxylic acids is 2. The molecule has 3 N–H and O–H groups in total. The quantitative estimate of drug-likeness (QED) is 0.452. The molecule has 3 rings (SSSR count). The van der Waals surface area contributed by atoms with Crippen LogP contribution in [0.3, 0.4) is 0 Å². The van der Waals surface area contributed by atoms with Gasteiger partial charge in [-0.2, -0.15) is 5.26 Å². The summed E-state index contributed by atoms with van der Waals surface area (Å²) in [5, 5.41) is 11.0. The maximum Gasteiger partial charge on any atom is 0.270 e. The highest BCUT2D eigenvalue weighted by Gasteiger charge is 2.28. The van der Waals surface area contributed by atoms with Crippen molar-refractivity contribution in [1.82, 2.24) is 15.3 Å². The molecule has 0 bridgehead atoms. The van der Waals surface area contributed by atoms with E-state index < -0.39 is 16.7 Å². The van der Waals surface area contributed by atoms with E-state index in [1.807, 2.05) is 6.07 Å². The van der Waals surface area contributed by atoms with Gasteiger partial charge in [-0.25, -0.2) is 0 Å². The molecule has 1 aliphatic rings. The van der Waals surface area contributed by atoms with E-state index in [9.17, 15) is 19.6 Å². The third kappa shape index (κ3) is 4.79. The summed E-state index contributed by atoms with van der Waals surface area (Å²) in [6.07, 6.45) is 3.17. The van der Waals surface area contributed by atoms with Crippen molar-refractivity contribution in [3.63, 3.8) is 0 Å². The van der Waals surface area contributed by atoms with Gasteiger partial charge in [-0.15, -0.1) is 11.8 Å². The maximum absolute atomic E-state index is 12.0. The number of thioether (sulfide) groups is 1. The molecule has 0 spiro atoms. The molecule has 2 aromatic rings. The summed E-state index contributed by atoms with van der Waals surface area (Å²) >= 11 is 6.16. The van der Waals surface area contributed by atoms with E-state index in [1.165, 1.54) is 24.9 Å². The molecule has 0 saturated carbocycles. The number of nitrogens with one attached hydrogen (secondary N) is 3. The Morgan fingerprint density at radius 1 is 1.30 bits per heavy atom. The van der Waals surface area contributed by atoms with Crippen LogP contribution >= 0.6 is 24.0 Å². The number of hydrogen-bond acceptors (Lipinski definition) is 8. The first kappa shape index (κ1) is 21.4. The summed E-state index contributed by atoms with van der Waals surface area (Å²) in [5.74, 6) is 0.262. The fourth-order valence-electron chi connectivity index (χ4n) is 2.68. The third-order valence-electron chi connectivity index (χ3n) is 4.09. The van der Waals surface area contributed by atoms with E-state index >= 15 is 0 Å². The second-order valence-corrected chi connectivity index (χ2v) is 7.64. The molecule has 2 heterocycles. The lowest BCUT2D eigenvalue weighted by Gasteiger charge is -2.21. The molecule has 30 heavy (non-hydrogen) atoms. The van der Waals surface area contributed by atoms with Gasteiger partial charge in [0, 0.05) is 5.56 Å². The van der Waals surface area contributed by atoms with Crippen molar-refractivity contribution in [3.8, 4) is 17.6 Å². The van der Waals surface area contributed by atoms with Crippen LogP contribution in [-0.2, 0) is 9.59 Å². The fourth-order valence-corrected chi connectivity index (χ4v) is 3.68. The van der Waals surface area contributed by atoms with E-state index in [0.29, 0.717) is 17.1 Å². The van der Waals surface area contributed by atoms with Gasteiger partial charge in [0.05, 0.1) is 18.6 Å². The standard InChI is InChI=1S/C19H16N4O5S2/c1-27-13-4-2-3-10(5-6-12-11(7-20)17(25)23-19(29)21-12)16(13)28-8-14-18(26)22-15(24)9-30-14/h2-6,14H,8-9H2,1H3,(H,22,24,26)(H2,21,23,25,29)/b6-5+. The van der Waals surface area contributed by atoms with Crippen molar-refractivity contribution in [2.75, 3.05) is 19.5 Å². The topological polar surface area (TPSA) is 137 Å². The van der Waals surface area contributed by atoms with Crippen molar-refractivity contribution in [2.24, 2.45) is 0 Å². The zero-order chi connectivity index (χ0) is 21.7. The summed E-state index contributed by atoms with van der Waals surface area (Å²) < 4.78 is 11.3. The number of ether oxygens (including phenoxy) is 2. The normalized spacial score (nSPS) is 16.2. The predicted octanol–water partition coefficient (Wildman–Crippen LogP) is 1.62. The van der Waals surface area contributed by atoms with Crippen molar-refractivity contribution in [3.05, 3.63) is 50.1 Å². The van der Waals surface area contributed by atoms with Crippen LogP contribution in [0.4, 0.5) is 0 Å². The van der Waals surface area contributed by atoms with Crippen LogP contribution in [0.25, 0.3) is 12.2 Å². The van der Waals surface area contributed by atoms with E-state index in [4.69, 9.17) is 21.7 Å². The number of methoxy groups -OCH3 is 1. The molecular formula is C19H16N4O5S2. The first-order valence-electron chi connectivity index (χ1n) is 8.62. The van der Waals surface area contributed by atoms with E-state index in [2.05, 4.69) is 15.3 Å². The minimum absolute atomic E-state index is 0.0296. The Bertz CT molecular complexity index is 1180. The molecule has 1 saturated heterocycles. The van der Waals surface area contributed by atoms with Crippen molar-refractivity contribution in [1.29, 1.82) is 5.26 Å².